The molecule has 0 atom stereocenters. The Bertz CT molecular complexity index is 281. The van der Waals surface area contributed by atoms with E-state index in [1.54, 1.807) is 0 Å². The second kappa shape index (κ2) is 3.52. The second-order valence-electron chi connectivity index (χ2n) is 1.88. The van der Waals surface area contributed by atoms with Crippen LogP contribution in [0.25, 0.3) is 0 Å². The number of thioether (sulfide) groups is 1. The van der Waals surface area contributed by atoms with Crippen molar-refractivity contribution in [2.75, 3.05) is 0 Å². The Morgan fingerprint density at radius 1 is 1.46 bits per heavy atom. The lowest BCUT2D eigenvalue weighted by Gasteiger charge is -2.07. The van der Waals surface area contributed by atoms with Crippen molar-refractivity contribution in [3.63, 3.8) is 0 Å². The third-order valence-corrected chi connectivity index (χ3v) is 1.73. The molecule has 0 spiro atoms. The summed E-state index contributed by atoms with van der Waals surface area (Å²) in [5.41, 5.74) is -4.60. The van der Waals surface area contributed by atoms with E-state index in [2.05, 4.69) is 5.10 Å². The van der Waals surface area contributed by atoms with Crippen LogP contribution in [0.4, 0.5) is 22.0 Å². The van der Waals surface area contributed by atoms with Crippen molar-refractivity contribution >= 4 is 11.8 Å². The summed E-state index contributed by atoms with van der Waals surface area (Å²) in [5.74, 6) is 0. The highest BCUT2D eigenvalue weighted by atomic mass is 32.2. The van der Waals surface area contributed by atoms with Crippen LogP contribution in [0.2, 0.25) is 0 Å². The van der Waals surface area contributed by atoms with Crippen LogP contribution in [0.3, 0.4) is 0 Å². The molecule has 13 heavy (non-hydrogen) atoms. The first-order valence-corrected chi connectivity index (χ1v) is 3.71. The van der Waals surface area contributed by atoms with Crippen LogP contribution in [-0.4, -0.2) is 15.3 Å². The molecule has 0 bridgehead atoms. The molecule has 0 saturated heterocycles. The first-order chi connectivity index (χ1) is 5.90. The number of rotatable bonds is 2. The van der Waals surface area contributed by atoms with Crippen molar-refractivity contribution in [1.29, 1.82) is 0 Å². The second-order valence-corrected chi connectivity index (χ2v) is 2.97. The number of halogens is 5. The van der Waals surface area contributed by atoms with E-state index in [0.29, 0.717) is 0 Å². The molecule has 1 rings (SSSR count). The van der Waals surface area contributed by atoms with E-state index >= 15 is 0 Å². The Labute approximate surface area is 73.7 Å². The van der Waals surface area contributed by atoms with Gasteiger partial charge in [0.2, 0.25) is 0 Å². The third-order valence-electron chi connectivity index (χ3n) is 0.984. The molecule has 0 amide bonds. The Kier molecular flexibility index (Phi) is 2.79. The predicted molar refractivity (Wildman–Crippen MR) is 34.2 cm³/mol. The zero-order valence-corrected chi connectivity index (χ0v) is 6.66. The maximum atomic E-state index is 11.9. The highest BCUT2D eigenvalue weighted by Gasteiger charge is 2.32. The normalized spacial score (nSPS) is 12.5. The van der Waals surface area contributed by atoms with E-state index < -0.39 is 28.8 Å². The minimum atomic E-state index is -4.60. The van der Waals surface area contributed by atoms with Crippen LogP contribution >= 0.6 is 11.8 Å². The minimum Gasteiger partial charge on any atom is -0.197 e. The smallest absolute Gasteiger partial charge is 0.197 e. The predicted octanol–water partition coefficient (Wildman–Crippen LogP) is 2.69. The van der Waals surface area contributed by atoms with Gasteiger partial charge in [0.15, 0.2) is 0 Å². The van der Waals surface area contributed by atoms with E-state index in [0.717, 1.165) is 6.07 Å². The summed E-state index contributed by atoms with van der Waals surface area (Å²) < 4.78 is 59.0. The fourth-order valence-electron chi connectivity index (χ4n) is 0.596. The fourth-order valence-corrected chi connectivity index (χ4v) is 1.16. The SMILES string of the molecule is FC(F)n1n[c]cc1SC(F)(F)F. The van der Waals surface area contributed by atoms with Crippen molar-refractivity contribution in [3.8, 4) is 0 Å². The van der Waals surface area contributed by atoms with Crippen molar-refractivity contribution in [2.24, 2.45) is 0 Å². The van der Waals surface area contributed by atoms with Crippen LogP contribution in [-0.2, 0) is 0 Å². The van der Waals surface area contributed by atoms with E-state index in [4.69, 9.17) is 0 Å². The summed E-state index contributed by atoms with van der Waals surface area (Å²) in [6.07, 6.45) is 1.91. The highest BCUT2D eigenvalue weighted by Crippen LogP contribution is 2.37. The number of nitrogens with zero attached hydrogens (tertiary/aromatic N) is 2. The van der Waals surface area contributed by atoms with Gasteiger partial charge in [-0.05, 0) is 0 Å². The third kappa shape index (κ3) is 2.87. The van der Waals surface area contributed by atoms with Crippen molar-refractivity contribution in [3.05, 3.63) is 12.3 Å². The van der Waals surface area contributed by atoms with Gasteiger partial charge in [0.05, 0.1) is 0 Å². The summed E-state index contributed by atoms with van der Waals surface area (Å²) in [7, 11) is 0. The van der Waals surface area contributed by atoms with E-state index in [1.807, 2.05) is 6.20 Å². The van der Waals surface area contributed by atoms with Gasteiger partial charge in [-0.25, -0.2) is 0 Å². The molecule has 1 radical (unpaired) electrons. The zero-order chi connectivity index (χ0) is 10.1. The monoisotopic (exact) mass is 217 g/mol. The average molecular weight is 217 g/mol. The molecular weight excluding hydrogens is 215 g/mol. The quantitative estimate of drug-likeness (QED) is 0.559. The molecule has 0 aliphatic rings. The van der Waals surface area contributed by atoms with Gasteiger partial charge in [-0.2, -0.15) is 31.7 Å². The lowest BCUT2D eigenvalue weighted by Crippen LogP contribution is -2.06. The first kappa shape index (κ1) is 10.3. The molecule has 0 saturated carbocycles. The Morgan fingerprint density at radius 2 is 2.08 bits per heavy atom. The van der Waals surface area contributed by atoms with Gasteiger partial charge in [-0.1, -0.05) is 0 Å². The zero-order valence-electron chi connectivity index (χ0n) is 5.85. The van der Waals surface area contributed by atoms with Crippen LogP contribution in [0.15, 0.2) is 11.1 Å². The van der Waals surface area contributed by atoms with Crippen molar-refractivity contribution < 1.29 is 22.0 Å². The van der Waals surface area contributed by atoms with Gasteiger partial charge < -0.3 is 0 Å². The van der Waals surface area contributed by atoms with Gasteiger partial charge in [-0.15, -0.1) is 0 Å². The molecule has 0 N–H and O–H groups in total. The maximum Gasteiger partial charge on any atom is 0.447 e. The fraction of sp³-hybridized carbons (Fsp3) is 0.400. The summed E-state index contributed by atoms with van der Waals surface area (Å²) in [6, 6.07) is 0.754. The number of hydrogen-bond donors (Lipinski definition) is 0. The molecule has 1 aromatic rings. The lowest BCUT2D eigenvalue weighted by atomic mass is 10.7. The molecule has 8 heteroatoms. The van der Waals surface area contributed by atoms with E-state index in [1.165, 1.54) is 0 Å². The summed E-state index contributed by atoms with van der Waals surface area (Å²) >= 11 is -0.648. The van der Waals surface area contributed by atoms with Crippen molar-refractivity contribution in [1.82, 2.24) is 9.78 Å². The van der Waals surface area contributed by atoms with Gasteiger partial charge in [0.25, 0.3) is 0 Å². The standard InChI is InChI=1S/C5H2F5N2S/c6-4(7)12-3(1-2-11-12)13-5(8,9)10/h1,4H. The average Bonchev–Trinajstić information content (AvgIpc) is 2.31. The molecule has 0 fully saturated rings. The summed E-state index contributed by atoms with van der Waals surface area (Å²) in [5, 5.41) is 2.24. The molecule has 2 nitrogen and oxygen atoms in total. The first-order valence-electron chi connectivity index (χ1n) is 2.89. The lowest BCUT2D eigenvalue weighted by molar-refractivity contribution is -0.0336. The molecule has 1 aromatic heterocycles. The largest absolute Gasteiger partial charge is 0.447 e. The molecular formula is C5H2F5N2S. The number of alkyl halides is 5. The number of hydrogen-bond acceptors (Lipinski definition) is 2. The molecule has 0 aliphatic heterocycles. The molecule has 0 aliphatic carbocycles. The van der Waals surface area contributed by atoms with E-state index in [-0.39, 0.29) is 4.68 Å². The minimum absolute atomic E-state index is 0.0435. The molecule has 73 valence electrons. The highest BCUT2D eigenvalue weighted by molar-refractivity contribution is 8.00. The summed E-state index contributed by atoms with van der Waals surface area (Å²) in [6.45, 7) is -3.09. The van der Waals surface area contributed by atoms with Crippen LogP contribution in [0.1, 0.15) is 6.55 Å². The topological polar surface area (TPSA) is 17.8 Å². The van der Waals surface area contributed by atoms with Gasteiger partial charge in [0, 0.05) is 17.8 Å². The van der Waals surface area contributed by atoms with Crippen molar-refractivity contribution in [2.45, 2.75) is 17.1 Å². The Morgan fingerprint density at radius 3 is 2.54 bits per heavy atom. The summed E-state index contributed by atoms with van der Waals surface area (Å²) in [4.78, 5) is 0. The Balaban J connectivity index is 2.83. The number of aromatic nitrogens is 2. The Hall–Kier alpha value is -0.790. The van der Waals surface area contributed by atoms with Gasteiger partial charge in [0.1, 0.15) is 11.2 Å². The van der Waals surface area contributed by atoms with E-state index in [9.17, 15) is 22.0 Å². The van der Waals surface area contributed by atoms with Crippen LogP contribution < -0.4 is 0 Å². The van der Waals surface area contributed by atoms with Gasteiger partial charge >= 0.3 is 12.1 Å². The maximum absolute atomic E-state index is 11.9. The molecule has 0 unspecified atom stereocenters. The van der Waals surface area contributed by atoms with Crippen LogP contribution in [0.5, 0.6) is 0 Å². The molecule has 1 heterocycles. The van der Waals surface area contributed by atoms with Gasteiger partial charge in [-0.3, -0.25) is 0 Å². The molecule has 0 aromatic carbocycles. The van der Waals surface area contributed by atoms with Crippen LogP contribution in [0, 0.1) is 6.20 Å².